The highest BCUT2D eigenvalue weighted by molar-refractivity contribution is 5.76. The zero-order chi connectivity index (χ0) is 14.7. The lowest BCUT2D eigenvalue weighted by molar-refractivity contribution is -0.227. The summed E-state index contributed by atoms with van der Waals surface area (Å²) in [5.41, 5.74) is -2.58. The lowest BCUT2D eigenvalue weighted by atomic mass is 9.86. The van der Waals surface area contributed by atoms with E-state index in [1.807, 2.05) is 6.92 Å². The Bertz CT molecular complexity index is 320. The van der Waals surface area contributed by atoms with Gasteiger partial charge in [0, 0.05) is 12.6 Å². The summed E-state index contributed by atoms with van der Waals surface area (Å²) >= 11 is 0. The molecule has 1 saturated heterocycles. The summed E-state index contributed by atoms with van der Waals surface area (Å²) < 4.78 is 39.0. The first-order valence-electron chi connectivity index (χ1n) is 6.79. The number of carboxylic acids is 1. The van der Waals surface area contributed by atoms with Crippen molar-refractivity contribution in [3.63, 3.8) is 0 Å². The third-order valence-corrected chi connectivity index (χ3v) is 4.10. The molecule has 1 aliphatic heterocycles. The molecule has 0 spiro atoms. The summed E-state index contributed by atoms with van der Waals surface area (Å²) in [6.45, 7) is 3.74. The average molecular weight is 281 g/mol. The number of hydrogen-bond donors (Lipinski definition) is 1. The first kappa shape index (κ1) is 16.3. The largest absolute Gasteiger partial charge is 0.481 e. The van der Waals surface area contributed by atoms with Crippen molar-refractivity contribution in [1.82, 2.24) is 4.90 Å². The Hall–Kier alpha value is -0.780. The molecule has 0 bridgehead atoms. The van der Waals surface area contributed by atoms with Crippen LogP contribution >= 0.6 is 0 Å². The van der Waals surface area contributed by atoms with Crippen LogP contribution in [0.5, 0.6) is 0 Å². The summed E-state index contributed by atoms with van der Waals surface area (Å²) in [5.74, 6) is -1.75. The van der Waals surface area contributed by atoms with Crippen LogP contribution < -0.4 is 0 Å². The molecular formula is C13H22F3NO2. The van der Waals surface area contributed by atoms with Gasteiger partial charge in [0.05, 0.1) is 0 Å². The molecule has 0 aromatic carbocycles. The molecular weight excluding hydrogens is 259 g/mol. The van der Waals surface area contributed by atoms with Gasteiger partial charge in [-0.3, -0.25) is 9.69 Å². The molecule has 19 heavy (non-hydrogen) atoms. The van der Waals surface area contributed by atoms with Crippen LogP contribution in [0.3, 0.4) is 0 Å². The number of alkyl halides is 3. The van der Waals surface area contributed by atoms with E-state index in [4.69, 9.17) is 5.11 Å². The van der Waals surface area contributed by atoms with Crippen LogP contribution in [0.15, 0.2) is 0 Å². The van der Waals surface area contributed by atoms with Crippen molar-refractivity contribution < 1.29 is 23.1 Å². The van der Waals surface area contributed by atoms with Gasteiger partial charge in [-0.05, 0) is 26.3 Å². The van der Waals surface area contributed by atoms with Crippen molar-refractivity contribution in [1.29, 1.82) is 0 Å². The van der Waals surface area contributed by atoms with E-state index in [9.17, 15) is 18.0 Å². The number of aliphatic carboxylic acids is 1. The van der Waals surface area contributed by atoms with E-state index in [-0.39, 0.29) is 19.0 Å². The van der Waals surface area contributed by atoms with Crippen LogP contribution in [0.2, 0.25) is 0 Å². The first-order chi connectivity index (χ1) is 8.74. The Labute approximate surface area is 111 Å². The summed E-state index contributed by atoms with van der Waals surface area (Å²) in [7, 11) is 0. The molecule has 6 heteroatoms. The third kappa shape index (κ3) is 3.41. The molecule has 1 heterocycles. The van der Waals surface area contributed by atoms with Crippen LogP contribution in [-0.2, 0) is 4.79 Å². The fourth-order valence-corrected chi connectivity index (χ4v) is 2.62. The fraction of sp³-hybridized carbons (Fsp3) is 0.923. The molecule has 0 saturated carbocycles. The second-order valence-corrected chi connectivity index (χ2v) is 5.45. The average Bonchev–Trinajstić information content (AvgIpc) is 2.74. The van der Waals surface area contributed by atoms with Gasteiger partial charge in [-0.25, -0.2) is 0 Å². The molecule has 2 atom stereocenters. The summed E-state index contributed by atoms with van der Waals surface area (Å²) in [4.78, 5) is 12.7. The monoisotopic (exact) mass is 281 g/mol. The Morgan fingerprint density at radius 1 is 1.42 bits per heavy atom. The summed E-state index contributed by atoms with van der Waals surface area (Å²) in [6.07, 6.45) is -1.11. The standard InChI is InChI=1S/C13H22F3NO2/c1-3-4-5-6-10(2)17-8-7-12(9-17,11(18)19)13(14,15)16/h10H,3-9H2,1-2H3,(H,18,19). The first-order valence-corrected chi connectivity index (χ1v) is 6.79. The van der Waals surface area contributed by atoms with Crippen LogP contribution in [-0.4, -0.2) is 41.3 Å². The van der Waals surface area contributed by atoms with Gasteiger partial charge in [0.15, 0.2) is 5.41 Å². The third-order valence-electron chi connectivity index (χ3n) is 4.10. The quantitative estimate of drug-likeness (QED) is 0.759. The minimum absolute atomic E-state index is 0.00937. The van der Waals surface area contributed by atoms with Crippen LogP contribution in [0.4, 0.5) is 13.2 Å². The number of hydrogen-bond acceptors (Lipinski definition) is 2. The maximum atomic E-state index is 13.0. The van der Waals surface area contributed by atoms with Crippen LogP contribution in [0.1, 0.15) is 46.0 Å². The highest BCUT2D eigenvalue weighted by Crippen LogP contribution is 2.46. The molecule has 3 nitrogen and oxygen atoms in total. The highest BCUT2D eigenvalue weighted by Gasteiger charge is 2.63. The van der Waals surface area contributed by atoms with Crippen molar-refractivity contribution in [2.75, 3.05) is 13.1 Å². The van der Waals surface area contributed by atoms with E-state index in [0.29, 0.717) is 0 Å². The maximum Gasteiger partial charge on any atom is 0.406 e. The lowest BCUT2D eigenvalue weighted by Gasteiger charge is -2.29. The van der Waals surface area contributed by atoms with Gasteiger partial charge in [-0.15, -0.1) is 0 Å². The van der Waals surface area contributed by atoms with Gasteiger partial charge in [-0.2, -0.15) is 13.2 Å². The van der Waals surface area contributed by atoms with Crippen molar-refractivity contribution >= 4 is 5.97 Å². The number of rotatable bonds is 6. The molecule has 0 amide bonds. The second-order valence-electron chi connectivity index (χ2n) is 5.45. The molecule has 112 valence electrons. The van der Waals surface area contributed by atoms with Gasteiger partial charge >= 0.3 is 12.1 Å². The van der Waals surface area contributed by atoms with Gasteiger partial charge in [0.2, 0.25) is 0 Å². The fourth-order valence-electron chi connectivity index (χ4n) is 2.62. The normalized spacial score (nSPS) is 26.6. The smallest absolute Gasteiger partial charge is 0.406 e. The molecule has 1 rings (SSSR count). The number of unbranched alkanes of at least 4 members (excludes halogenated alkanes) is 2. The SMILES string of the molecule is CCCCCC(C)N1CCC(C(=O)O)(C(F)(F)F)C1. The van der Waals surface area contributed by atoms with Crippen molar-refractivity contribution in [3.05, 3.63) is 0 Å². The van der Waals surface area contributed by atoms with E-state index in [0.717, 1.165) is 25.7 Å². The van der Waals surface area contributed by atoms with E-state index in [1.54, 1.807) is 4.90 Å². The Morgan fingerprint density at radius 3 is 2.47 bits per heavy atom. The Kier molecular flexibility index (Phi) is 5.24. The number of nitrogens with zero attached hydrogens (tertiary/aromatic N) is 1. The van der Waals surface area contributed by atoms with E-state index in [2.05, 4.69) is 6.92 Å². The second kappa shape index (κ2) is 6.11. The van der Waals surface area contributed by atoms with E-state index in [1.165, 1.54) is 0 Å². The van der Waals surface area contributed by atoms with Crippen molar-refractivity contribution in [3.8, 4) is 0 Å². The van der Waals surface area contributed by atoms with Gasteiger partial charge < -0.3 is 5.11 Å². The summed E-state index contributed by atoms with van der Waals surface area (Å²) in [5, 5.41) is 8.97. The molecule has 2 unspecified atom stereocenters. The minimum atomic E-state index is -4.68. The zero-order valence-electron chi connectivity index (χ0n) is 11.5. The summed E-state index contributed by atoms with van der Waals surface area (Å²) in [6, 6.07) is 0.00937. The maximum absolute atomic E-state index is 13.0. The molecule has 1 N–H and O–H groups in total. The Morgan fingerprint density at radius 2 is 2.05 bits per heavy atom. The molecule has 1 aliphatic rings. The number of likely N-dealkylation sites (tertiary alicyclic amines) is 1. The molecule has 0 aromatic rings. The van der Waals surface area contributed by atoms with Crippen molar-refractivity contribution in [2.45, 2.75) is 58.2 Å². The minimum Gasteiger partial charge on any atom is -0.481 e. The molecule has 1 fully saturated rings. The number of carbonyl (C=O) groups is 1. The highest BCUT2D eigenvalue weighted by atomic mass is 19.4. The molecule has 0 radical (unpaired) electrons. The van der Waals surface area contributed by atoms with Crippen LogP contribution in [0.25, 0.3) is 0 Å². The van der Waals surface area contributed by atoms with E-state index < -0.39 is 24.1 Å². The van der Waals surface area contributed by atoms with E-state index >= 15 is 0 Å². The predicted octanol–water partition coefficient (Wildman–Crippen LogP) is 3.29. The van der Waals surface area contributed by atoms with Crippen molar-refractivity contribution in [2.24, 2.45) is 5.41 Å². The van der Waals surface area contributed by atoms with Gasteiger partial charge in [-0.1, -0.05) is 26.2 Å². The van der Waals surface area contributed by atoms with Gasteiger partial charge in [0.25, 0.3) is 0 Å². The topological polar surface area (TPSA) is 40.5 Å². The molecule has 0 aliphatic carbocycles. The number of carboxylic acid groups (broad SMARTS) is 1. The van der Waals surface area contributed by atoms with Gasteiger partial charge in [0.1, 0.15) is 0 Å². The van der Waals surface area contributed by atoms with Crippen LogP contribution in [0, 0.1) is 5.41 Å². The zero-order valence-corrected chi connectivity index (χ0v) is 11.5. The lowest BCUT2D eigenvalue weighted by Crippen LogP contribution is -2.48. The number of halogens is 3. The molecule has 0 aromatic heterocycles. The Balaban J connectivity index is 2.67. The predicted molar refractivity (Wildman–Crippen MR) is 65.9 cm³/mol.